The van der Waals surface area contributed by atoms with Gasteiger partial charge in [-0.05, 0) is 43.7 Å². The molecule has 27 heavy (non-hydrogen) atoms. The molecular weight excluding hydrogens is 344 g/mol. The third-order valence-corrected chi connectivity index (χ3v) is 5.75. The summed E-state index contributed by atoms with van der Waals surface area (Å²) in [5.41, 5.74) is -0.0332. The van der Waals surface area contributed by atoms with Crippen molar-refractivity contribution in [1.29, 1.82) is 0 Å². The molecule has 148 valence electrons. The zero-order valence-corrected chi connectivity index (χ0v) is 16.1. The van der Waals surface area contributed by atoms with E-state index in [1.54, 1.807) is 30.3 Å². The van der Waals surface area contributed by atoms with Gasteiger partial charge in [-0.2, -0.15) is 0 Å². The molecule has 0 unspecified atom stereocenters. The maximum Gasteiger partial charge on any atom is 0.315 e. The van der Waals surface area contributed by atoms with Gasteiger partial charge in [-0.15, -0.1) is 0 Å². The van der Waals surface area contributed by atoms with E-state index >= 15 is 0 Å². The van der Waals surface area contributed by atoms with Crippen molar-refractivity contribution in [3.63, 3.8) is 0 Å². The van der Waals surface area contributed by atoms with Gasteiger partial charge in [-0.1, -0.05) is 19.3 Å². The molecule has 1 aliphatic carbocycles. The van der Waals surface area contributed by atoms with Crippen LogP contribution in [0.2, 0.25) is 0 Å². The number of amides is 3. The fraction of sp³-hybridized carbons (Fsp3) is 0.650. The number of urea groups is 1. The second kappa shape index (κ2) is 9.06. The van der Waals surface area contributed by atoms with Crippen LogP contribution in [0, 0.1) is 5.92 Å². The summed E-state index contributed by atoms with van der Waals surface area (Å²) in [5.74, 6) is 0.169. The van der Waals surface area contributed by atoms with Crippen LogP contribution in [0.1, 0.15) is 55.3 Å². The highest BCUT2D eigenvalue weighted by molar-refractivity contribution is 5.93. The van der Waals surface area contributed by atoms with E-state index in [1.165, 1.54) is 23.8 Å². The van der Waals surface area contributed by atoms with E-state index in [-0.39, 0.29) is 23.1 Å². The topological polar surface area (TPSA) is 83.4 Å². The first kappa shape index (κ1) is 19.5. The quantitative estimate of drug-likeness (QED) is 0.844. The van der Waals surface area contributed by atoms with Crippen molar-refractivity contribution in [3.05, 3.63) is 34.2 Å². The minimum atomic E-state index is -0.259. The van der Waals surface area contributed by atoms with Crippen LogP contribution in [0.15, 0.2) is 23.1 Å². The van der Waals surface area contributed by atoms with Crippen molar-refractivity contribution < 1.29 is 9.59 Å². The number of pyridine rings is 1. The van der Waals surface area contributed by atoms with E-state index in [9.17, 15) is 14.4 Å². The lowest BCUT2D eigenvalue weighted by Gasteiger charge is -2.32. The summed E-state index contributed by atoms with van der Waals surface area (Å²) in [7, 11) is 1.65. The average molecular weight is 374 g/mol. The van der Waals surface area contributed by atoms with Crippen molar-refractivity contribution in [1.82, 2.24) is 20.1 Å². The summed E-state index contributed by atoms with van der Waals surface area (Å²) in [4.78, 5) is 38.5. The Kier molecular flexibility index (Phi) is 6.53. The molecule has 2 heterocycles. The number of carbonyl (C=O) groups excluding carboxylic acids is 2. The minimum absolute atomic E-state index is 0.0758. The van der Waals surface area contributed by atoms with Crippen LogP contribution in [-0.4, -0.2) is 47.1 Å². The smallest absolute Gasteiger partial charge is 0.315 e. The van der Waals surface area contributed by atoms with Crippen molar-refractivity contribution in [2.45, 2.75) is 51.0 Å². The third-order valence-electron chi connectivity index (χ3n) is 5.75. The number of piperidine rings is 1. The standard InChI is InChI=1S/C20H30N4O3/c1-23-11-5-8-17(18(23)25)19(26)24-12-9-15(10-13-24)14-21-20(27)22-16-6-3-2-4-7-16/h5,8,11,15-16H,2-4,6-7,9-10,12-14H2,1H3,(H2,21,22,27). The van der Waals surface area contributed by atoms with Gasteiger partial charge in [0.15, 0.2) is 0 Å². The SMILES string of the molecule is Cn1cccc(C(=O)N2CCC(CNC(=O)NC3CCCCC3)CC2)c1=O. The molecular formula is C20H30N4O3. The van der Waals surface area contributed by atoms with Gasteiger partial charge in [-0.3, -0.25) is 9.59 Å². The molecule has 0 atom stereocenters. The molecule has 1 saturated heterocycles. The van der Waals surface area contributed by atoms with Crippen LogP contribution in [-0.2, 0) is 7.05 Å². The minimum Gasteiger partial charge on any atom is -0.338 e. The Morgan fingerprint density at radius 1 is 1.11 bits per heavy atom. The van der Waals surface area contributed by atoms with Gasteiger partial charge in [0.25, 0.3) is 11.5 Å². The first-order chi connectivity index (χ1) is 13.0. The number of aryl methyl sites for hydroxylation is 1. The predicted octanol–water partition coefficient (Wildman–Crippen LogP) is 1.87. The van der Waals surface area contributed by atoms with Crippen LogP contribution in [0.5, 0.6) is 0 Å². The Hall–Kier alpha value is -2.31. The average Bonchev–Trinajstić information content (AvgIpc) is 2.69. The highest BCUT2D eigenvalue weighted by Gasteiger charge is 2.25. The van der Waals surface area contributed by atoms with Gasteiger partial charge in [-0.25, -0.2) is 4.79 Å². The molecule has 3 rings (SSSR count). The molecule has 0 radical (unpaired) electrons. The van der Waals surface area contributed by atoms with Crippen LogP contribution >= 0.6 is 0 Å². The van der Waals surface area contributed by atoms with Crippen molar-refractivity contribution in [2.75, 3.05) is 19.6 Å². The Bertz CT molecular complexity index is 716. The van der Waals surface area contributed by atoms with Crippen LogP contribution in [0.4, 0.5) is 4.79 Å². The fourth-order valence-corrected chi connectivity index (χ4v) is 3.99. The number of rotatable bonds is 4. The molecule has 2 fully saturated rings. The number of nitrogens with zero attached hydrogens (tertiary/aromatic N) is 2. The lowest BCUT2D eigenvalue weighted by atomic mass is 9.95. The van der Waals surface area contributed by atoms with Gasteiger partial charge < -0.3 is 20.1 Å². The zero-order chi connectivity index (χ0) is 19.2. The lowest BCUT2D eigenvalue weighted by molar-refractivity contribution is 0.0688. The second-order valence-electron chi connectivity index (χ2n) is 7.76. The van der Waals surface area contributed by atoms with Gasteiger partial charge in [0.05, 0.1) is 0 Å². The number of likely N-dealkylation sites (tertiary alicyclic amines) is 1. The lowest BCUT2D eigenvalue weighted by Crippen LogP contribution is -2.46. The molecule has 1 aliphatic heterocycles. The first-order valence-electron chi connectivity index (χ1n) is 10.0. The van der Waals surface area contributed by atoms with Crippen molar-refractivity contribution >= 4 is 11.9 Å². The van der Waals surface area contributed by atoms with E-state index < -0.39 is 0 Å². The van der Waals surface area contributed by atoms with Crippen LogP contribution in [0.3, 0.4) is 0 Å². The molecule has 1 aromatic heterocycles. The highest BCUT2D eigenvalue weighted by Crippen LogP contribution is 2.19. The van der Waals surface area contributed by atoms with E-state index in [0.717, 1.165) is 25.7 Å². The molecule has 0 aromatic carbocycles. The normalized spacial score (nSPS) is 18.9. The molecule has 2 aliphatic rings. The fourth-order valence-electron chi connectivity index (χ4n) is 3.99. The van der Waals surface area contributed by atoms with E-state index in [0.29, 0.717) is 31.6 Å². The summed E-state index contributed by atoms with van der Waals surface area (Å²) >= 11 is 0. The van der Waals surface area contributed by atoms with Gasteiger partial charge in [0.2, 0.25) is 0 Å². The summed E-state index contributed by atoms with van der Waals surface area (Å²) in [6.07, 6.45) is 9.14. The molecule has 3 amide bonds. The second-order valence-corrected chi connectivity index (χ2v) is 7.76. The van der Waals surface area contributed by atoms with Gasteiger partial charge in [0.1, 0.15) is 5.56 Å². The van der Waals surface area contributed by atoms with Crippen molar-refractivity contribution in [3.8, 4) is 0 Å². The monoisotopic (exact) mass is 374 g/mol. The summed E-state index contributed by atoms with van der Waals surface area (Å²) in [6.45, 7) is 1.87. The molecule has 1 aromatic rings. The van der Waals surface area contributed by atoms with Gasteiger partial charge in [0, 0.05) is 38.9 Å². The Balaban J connectivity index is 1.42. The van der Waals surface area contributed by atoms with Crippen molar-refractivity contribution in [2.24, 2.45) is 13.0 Å². The first-order valence-corrected chi connectivity index (χ1v) is 10.0. The van der Waals surface area contributed by atoms with E-state index in [1.807, 2.05) is 0 Å². The molecule has 2 N–H and O–H groups in total. The van der Waals surface area contributed by atoms with Crippen LogP contribution < -0.4 is 16.2 Å². The number of hydrogen-bond donors (Lipinski definition) is 2. The molecule has 7 heteroatoms. The summed E-state index contributed by atoms with van der Waals surface area (Å²) < 4.78 is 1.43. The number of hydrogen-bond acceptors (Lipinski definition) is 3. The molecule has 1 saturated carbocycles. The zero-order valence-electron chi connectivity index (χ0n) is 16.1. The molecule has 0 spiro atoms. The summed E-state index contributed by atoms with van der Waals surface area (Å²) in [5, 5.41) is 6.05. The molecule has 0 bridgehead atoms. The highest BCUT2D eigenvalue weighted by atomic mass is 16.2. The maximum atomic E-state index is 12.6. The Morgan fingerprint density at radius 3 is 2.52 bits per heavy atom. The Labute approximate surface area is 160 Å². The van der Waals surface area contributed by atoms with E-state index in [4.69, 9.17) is 0 Å². The molecule has 7 nitrogen and oxygen atoms in total. The van der Waals surface area contributed by atoms with Gasteiger partial charge >= 0.3 is 6.03 Å². The third kappa shape index (κ3) is 5.11. The summed E-state index contributed by atoms with van der Waals surface area (Å²) in [6, 6.07) is 3.55. The predicted molar refractivity (Wildman–Crippen MR) is 104 cm³/mol. The van der Waals surface area contributed by atoms with Crippen LogP contribution in [0.25, 0.3) is 0 Å². The number of nitrogens with one attached hydrogen (secondary N) is 2. The largest absolute Gasteiger partial charge is 0.338 e. The Morgan fingerprint density at radius 2 is 1.81 bits per heavy atom. The number of aromatic nitrogens is 1. The van der Waals surface area contributed by atoms with E-state index in [2.05, 4.69) is 10.6 Å². The maximum absolute atomic E-state index is 12.6. The number of carbonyl (C=O) groups is 2.